The van der Waals surface area contributed by atoms with Crippen molar-refractivity contribution in [3.8, 4) is 11.1 Å². The maximum absolute atomic E-state index is 12.4. The number of hydrogen-bond donors (Lipinski definition) is 2. The topological polar surface area (TPSA) is 74.8 Å². The zero-order chi connectivity index (χ0) is 20.4. The second-order valence-electron chi connectivity index (χ2n) is 6.80. The fourth-order valence-corrected chi connectivity index (χ4v) is 4.13. The molecule has 0 aliphatic heterocycles. The Balaban J connectivity index is 1.71. The van der Waals surface area contributed by atoms with Gasteiger partial charge in [-0.15, -0.1) is 0 Å². The van der Waals surface area contributed by atoms with Crippen molar-refractivity contribution in [1.29, 1.82) is 0 Å². The van der Waals surface area contributed by atoms with Crippen LogP contribution in [0.1, 0.15) is 17.0 Å². The van der Waals surface area contributed by atoms with Gasteiger partial charge in [-0.2, -0.15) is 0 Å². The summed E-state index contributed by atoms with van der Waals surface area (Å²) in [5.74, 6) is 0.744. The average molecular weight is 404 g/mol. The molecule has 0 atom stereocenters. The monoisotopic (exact) mass is 403 g/mol. The largest absolute Gasteiger partial charge is 0.338 e. The van der Waals surface area contributed by atoms with Crippen molar-refractivity contribution in [1.82, 2.24) is 14.7 Å². The van der Waals surface area contributed by atoms with Gasteiger partial charge in [0.1, 0.15) is 5.82 Å². The number of sulfonamides is 1. The Bertz CT molecular complexity index is 1300. The van der Waals surface area contributed by atoms with Crippen LogP contribution in [0.15, 0.2) is 71.6 Å². The van der Waals surface area contributed by atoms with E-state index in [1.807, 2.05) is 36.4 Å². The minimum Gasteiger partial charge on any atom is -0.338 e. The number of rotatable bonds is 5. The van der Waals surface area contributed by atoms with E-state index >= 15 is 0 Å². The highest BCUT2D eigenvalue weighted by Crippen LogP contribution is 2.29. The number of aromatic amines is 1. The van der Waals surface area contributed by atoms with Crippen LogP contribution >= 0.6 is 0 Å². The van der Waals surface area contributed by atoms with Crippen LogP contribution in [-0.2, 0) is 10.0 Å². The maximum atomic E-state index is 12.4. The molecular weight excluding hydrogens is 382 g/mol. The molecule has 0 bridgehead atoms. The van der Waals surface area contributed by atoms with Gasteiger partial charge < -0.3 is 4.98 Å². The van der Waals surface area contributed by atoms with Crippen molar-refractivity contribution in [2.45, 2.75) is 11.8 Å². The molecule has 0 radical (unpaired) electrons. The number of fused-ring (bicyclic) bond motifs is 1. The van der Waals surface area contributed by atoms with E-state index in [2.05, 4.69) is 45.9 Å². The Hall–Kier alpha value is -3.22. The maximum Gasteiger partial charge on any atom is 0.240 e. The number of hydrogen-bond acceptors (Lipinski definition) is 3. The van der Waals surface area contributed by atoms with Crippen molar-refractivity contribution in [2.24, 2.45) is 0 Å². The molecule has 2 N–H and O–H groups in total. The van der Waals surface area contributed by atoms with Crippen molar-refractivity contribution in [2.75, 3.05) is 7.05 Å². The van der Waals surface area contributed by atoms with Crippen LogP contribution in [-0.4, -0.2) is 25.4 Å². The van der Waals surface area contributed by atoms with Crippen molar-refractivity contribution in [3.63, 3.8) is 0 Å². The molecule has 3 aromatic carbocycles. The van der Waals surface area contributed by atoms with Crippen LogP contribution in [0, 0.1) is 6.92 Å². The normalized spacial score (nSPS) is 12.1. The van der Waals surface area contributed by atoms with Crippen LogP contribution in [0.4, 0.5) is 0 Å². The molecule has 1 aromatic heterocycles. The molecular formula is C23H21N3O2S. The molecule has 6 heteroatoms. The fraction of sp³-hybridized carbons (Fsp3) is 0.0870. The number of aryl methyl sites for hydroxylation is 1. The molecule has 0 spiro atoms. The van der Waals surface area contributed by atoms with E-state index < -0.39 is 10.0 Å². The Labute approximate surface area is 170 Å². The number of aromatic nitrogens is 2. The summed E-state index contributed by atoms with van der Waals surface area (Å²) >= 11 is 0. The minimum atomic E-state index is -3.56. The predicted molar refractivity (Wildman–Crippen MR) is 118 cm³/mol. The van der Waals surface area contributed by atoms with E-state index in [0.29, 0.717) is 5.56 Å². The summed E-state index contributed by atoms with van der Waals surface area (Å²) in [6, 6.07) is 20.9. The molecule has 0 saturated heterocycles. The van der Waals surface area contributed by atoms with Gasteiger partial charge in [-0.25, -0.2) is 18.1 Å². The van der Waals surface area contributed by atoms with Gasteiger partial charge in [0, 0.05) is 5.56 Å². The lowest BCUT2D eigenvalue weighted by Gasteiger charge is -2.09. The molecule has 0 amide bonds. The highest BCUT2D eigenvalue weighted by atomic mass is 32.2. The molecule has 0 saturated carbocycles. The van der Waals surface area contributed by atoms with E-state index in [1.54, 1.807) is 18.2 Å². The molecule has 1 heterocycles. The van der Waals surface area contributed by atoms with Gasteiger partial charge in [0.05, 0.1) is 15.9 Å². The first-order chi connectivity index (χ1) is 14.0. The average Bonchev–Trinajstić information content (AvgIpc) is 3.15. The van der Waals surface area contributed by atoms with Gasteiger partial charge in [0.15, 0.2) is 0 Å². The molecule has 0 fully saturated rings. The number of nitrogens with one attached hydrogen (secondary N) is 2. The summed E-state index contributed by atoms with van der Waals surface area (Å²) in [7, 11) is -2.14. The van der Waals surface area contributed by atoms with Crippen molar-refractivity contribution < 1.29 is 8.42 Å². The molecule has 4 aromatic rings. The zero-order valence-electron chi connectivity index (χ0n) is 16.2. The second-order valence-corrected chi connectivity index (χ2v) is 8.66. The third-order valence-corrected chi connectivity index (χ3v) is 6.24. The first-order valence-corrected chi connectivity index (χ1v) is 10.7. The Morgan fingerprint density at radius 1 is 0.966 bits per heavy atom. The summed E-state index contributed by atoms with van der Waals surface area (Å²) in [5, 5.41) is 0. The van der Waals surface area contributed by atoms with Gasteiger partial charge in [-0.1, -0.05) is 60.2 Å². The highest BCUT2D eigenvalue weighted by Gasteiger charge is 2.17. The summed E-state index contributed by atoms with van der Waals surface area (Å²) < 4.78 is 27.1. The molecule has 5 nitrogen and oxygen atoms in total. The van der Waals surface area contributed by atoms with Crippen molar-refractivity contribution >= 4 is 33.2 Å². The van der Waals surface area contributed by atoms with Gasteiger partial charge >= 0.3 is 0 Å². The van der Waals surface area contributed by atoms with Crippen LogP contribution in [0.5, 0.6) is 0 Å². The number of nitrogens with zero attached hydrogens (tertiary/aromatic N) is 1. The van der Waals surface area contributed by atoms with E-state index in [9.17, 15) is 8.42 Å². The van der Waals surface area contributed by atoms with E-state index in [4.69, 9.17) is 0 Å². The van der Waals surface area contributed by atoms with Crippen LogP contribution < -0.4 is 4.72 Å². The predicted octanol–water partition coefficient (Wildman–Crippen LogP) is 4.62. The highest BCUT2D eigenvalue weighted by molar-refractivity contribution is 7.89. The first kappa shape index (κ1) is 19.1. The fourth-order valence-electron chi connectivity index (χ4n) is 3.17. The lowest BCUT2D eigenvalue weighted by atomic mass is 10.1. The standard InChI is InChI=1S/C23H21N3O2S/c1-16-7-9-17(10-8-16)11-14-23-25-20-13-12-18(15-21(20)26-23)19-5-3-4-6-22(19)29(27,28)24-2/h3-15,24H,1-2H3,(H,25,26)/b14-11+. The molecule has 29 heavy (non-hydrogen) atoms. The summed E-state index contributed by atoms with van der Waals surface area (Å²) in [6.45, 7) is 2.06. The van der Waals surface area contributed by atoms with Crippen LogP contribution in [0.25, 0.3) is 34.3 Å². The van der Waals surface area contributed by atoms with E-state index in [-0.39, 0.29) is 4.90 Å². The van der Waals surface area contributed by atoms with Gasteiger partial charge in [-0.3, -0.25) is 0 Å². The smallest absolute Gasteiger partial charge is 0.240 e. The van der Waals surface area contributed by atoms with E-state index in [1.165, 1.54) is 12.6 Å². The number of H-pyrrole nitrogens is 1. The summed E-state index contributed by atoms with van der Waals surface area (Å²) in [4.78, 5) is 8.17. The van der Waals surface area contributed by atoms with Crippen LogP contribution in [0.3, 0.4) is 0 Å². The molecule has 0 aliphatic rings. The molecule has 0 unspecified atom stereocenters. The molecule has 146 valence electrons. The lowest BCUT2D eigenvalue weighted by molar-refractivity contribution is 0.588. The first-order valence-electron chi connectivity index (χ1n) is 9.24. The Morgan fingerprint density at radius 3 is 2.48 bits per heavy atom. The molecule has 0 aliphatic carbocycles. The van der Waals surface area contributed by atoms with Crippen LogP contribution in [0.2, 0.25) is 0 Å². The van der Waals surface area contributed by atoms with Gasteiger partial charge in [-0.05, 0) is 49.4 Å². The number of benzene rings is 3. The van der Waals surface area contributed by atoms with E-state index in [0.717, 1.165) is 28.0 Å². The third-order valence-electron chi connectivity index (χ3n) is 4.77. The quantitative estimate of drug-likeness (QED) is 0.511. The molecule has 4 rings (SSSR count). The van der Waals surface area contributed by atoms with Gasteiger partial charge in [0.2, 0.25) is 10.0 Å². The van der Waals surface area contributed by atoms with Gasteiger partial charge in [0.25, 0.3) is 0 Å². The second kappa shape index (κ2) is 7.66. The number of imidazole rings is 1. The Morgan fingerprint density at radius 2 is 1.72 bits per heavy atom. The lowest BCUT2D eigenvalue weighted by Crippen LogP contribution is -2.19. The summed E-state index contributed by atoms with van der Waals surface area (Å²) in [5.41, 5.74) is 5.44. The minimum absolute atomic E-state index is 0.247. The summed E-state index contributed by atoms with van der Waals surface area (Å²) in [6.07, 6.45) is 3.94. The SMILES string of the molecule is CNS(=O)(=O)c1ccccc1-c1ccc2[nH]c(/C=C/c3ccc(C)cc3)nc2c1. The Kier molecular flexibility index (Phi) is 5.05. The van der Waals surface area contributed by atoms with Crippen molar-refractivity contribution in [3.05, 3.63) is 83.7 Å². The zero-order valence-corrected chi connectivity index (χ0v) is 17.0. The third kappa shape index (κ3) is 3.99.